The van der Waals surface area contributed by atoms with Crippen LogP contribution in [0.3, 0.4) is 0 Å². The van der Waals surface area contributed by atoms with E-state index in [1.165, 1.54) is 18.1 Å². The lowest BCUT2D eigenvalue weighted by Crippen LogP contribution is -2.24. The zero-order valence-electron chi connectivity index (χ0n) is 13.6. The summed E-state index contributed by atoms with van der Waals surface area (Å²) >= 11 is 0. The summed E-state index contributed by atoms with van der Waals surface area (Å²) in [7, 11) is 1.49. The Bertz CT molecular complexity index is 1170. The number of carbonyl (C=O) groups excluding carboxylic acids is 1. The standard InChI is InChI=1S/C17H12N6O3/c1-22-16(24)14-8-3-2-7-13(14)15(19-22)17(25)26-12-6-4-5-11(9-12)23-10-18-20-21-23/h2-10H,1H3. The molecule has 0 N–H and O–H groups in total. The van der Waals surface area contributed by atoms with Crippen LogP contribution in [0.1, 0.15) is 10.5 Å². The highest BCUT2D eigenvalue weighted by Crippen LogP contribution is 2.19. The van der Waals surface area contributed by atoms with Gasteiger partial charge < -0.3 is 4.74 Å². The maximum atomic E-state index is 12.6. The lowest BCUT2D eigenvalue weighted by atomic mass is 10.1. The van der Waals surface area contributed by atoms with Gasteiger partial charge in [-0.25, -0.2) is 14.2 Å². The summed E-state index contributed by atoms with van der Waals surface area (Å²) in [6, 6.07) is 13.5. The number of aromatic nitrogens is 6. The molecule has 0 bridgehead atoms. The van der Waals surface area contributed by atoms with E-state index >= 15 is 0 Å². The molecule has 0 atom stereocenters. The molecule has 9 heteroatoms. The number of nitrogens with zero attached hydrogens (tertiary/aromatic N) is 6. The van der Waals surface area contributed by atoms with E-state index in [-0.39, 0.29) is 11.3 Å². The molecule has 0 aliphatic heterocycles. The van der Waals surface area contributed by atoms with E-state index < -0.39 is 5.97 Å². The van der Waals surface area contributed by atoms with Gasteiger partial charge in [-0.1, -0.05) is 24.3 Å². The van der Waals surface area contributed by atoms with Crippen LogP contribution in [0.4, 0.5) is 0 Å². The number of carbonyl (C=O) groups is 1. The second-order valence-corrected chi connectivity index (χ2v) is 5.46. The lowest BCUT2D eigenvalue weighted by Gasteiger charge is -2.09. The van der Waals surface area contributed by atoms with Gasteiger partial charge in [0.15, 0.2) is 5.69 Å². The predicted octanol–water partition coefficient (Wildman–Crippen LogP) is 1.13. The third kappa shape index (κ3) is 2.71. The summed E-state index contributed by atoms with van der Waals surface area (Å²) in [4.78, 5) is 24.8. The number of fused-ring (bicyclic) bond motifs is 1. The summed E-state index contributed by atoms with van der Waals surface area (Å²) in [6.45, 7) is 0. The fourth-order valence-corrected chi connectivity index (χ4v) is 2.57. The van der Waals surface area contributed by atoms with Gasteiger partial charge in [0.05, 0.1) is 11.1 Å². The first-order valence-corrected chi connectivity index (χ1v) is 7.65. The number of ether oxygens (including phenoxy) is 1. The van der Waals surface area contributed by atoms with E-state index in [1.54, 1.807) is 48.5 Å². The van der Waals surface area contributed by atoms with E-state index in [4.69, 9.17) is 4.74 Å². The van der Waals surface area contributed by atoms with E-state index in [9.17, 15) is 9.59 Å². The Morgan fingerprint density at radius 1 is 1.08 bits per heavy atom. The van der Waals surface area contributed by atoms with Crippen molar-refractivity contribution >= 4 is 16.7 Å². The number of rotatable bonds is 3. The molecule has 0 unspecified atom stereocenters. The highest BCUT2D eigenvalue weighted by atomic mass is 16.5. The highest BCUT2D eigenvalue weighted by molar-refractivity contribution is 6.02. The predicted molar refractivity (Wildman–Crippen MR) is 91.1 cm³/mol. The Hall–Kier alpha value is -3.88. The van der Waals surface area contributed by atoms with Crippen molar-refractivity contribution in [2.45, 2.75) is 0 Å². The minimum Gasteiger partial charge on any atom is -0.422 e. The number of hydrogen-bond donors (Lipinski definition) is 0. The van der Waals surface area contributed by atoms with Gasteiger partial charge in [-0.2, -0.15) is 5.10 Å². The molecule has 2 aromatic carbocycles. The molecule has 0 radical (unpaired) electrons. The normalized spacial score (nSPS) is 10.8. The smallest absolute Gasteiger partial charge is 0.364 e. The molecule has 0 spiro atoms. The van der Waals surface area contributed by atoms with Crippen LogP contribution in [0.25, 0.3) is 16.5 Å². The first-order valence-electron chi connectivity index (χ1n) is 7.65. The number of aryl methyl sites for hydroxylation is 1. The van der Waals surface area contributed by atoms with E-state index in [2.05, 4.69) is 20.6 Å². The molecule has 2 heterocycles. The van der Waals surface area contributed by atoms with Crippen molar-refractivity contribution in [3.8, 4) is 11.4 Å². The van der Waals surface area contributed by atoms with Gasteiger partial charge in [-0.05, 0) is 28.6 Å². The summed E-state index contributed by atoms with van der Waals surface area (Å²) in [5, 5.41) is 15.8. The third-order valence-corrected chi connectivity index (χ3v) is 3.79. The quantitative estimate of drug-likeness (QED) is 0.404. The largest absolute Gasteiger partial charge is 0.422 e. The second kappa shape index (κ2) is 6.20. The van der Waals surface area contributed by atoms with E-state index in [0.29, 0.717) is 22.2 Å². The van der Waals surface area contributed by atoms with Crippen molar-refractivity contribution in [3.05, 3.63) is 70.9 Å². The number of hydrogen-bond acceptors (Lipinski definition) is 7. The minimum absolute atomic E-state index is 0.0653. The Labute approximate surface area is 146 Å². The van der Waals surface area contributed by atoms with Gasteiger partial charge in [0.2, 0.25) is 0 Å². The SMILES string of the molecule is Cn1nc(C(=O)Oc2cccc(-n3cnnn3)c2)c2ccccc2c1=O. The molecule has 9 nitrogen and oxygen atoms in total. The number of tetrazole rings is 1. The third-order valence-electron chi connectivity index (χ3n) is 3.79. The van der Waals surface area contributed by atoms with Crippen LogP contribution in [0.2, 0.25) is 0 Å². The first-order chi connectivity index (χ1) is 12.6. The van der Waals surface area contributed by atoms with Gasteiger partial charge in [0.1, 0.15) is 12.1 Å². The van der Waals surface area contributed by atoms with Gasteiger partial charge >= 0.3 is 5.97 Å². The minimum atomic E-state index is -0.661. The molecule has 0 aliphatic carbocycles. The Morgan fingerprint density at radius 2 is 1.88 bits per heavy atom. The second-order valence-electron chi connectivity index (χ2n) is 5.46. The molecule has 4 aromatic rings. The fourth-order valence-electron chi connectivity index (χ4n) is 2.57. The average Bonchev–Trinajstić information content (AvgIpc) is 3.20. The van der Waals surface area contributed by atoms with Crippen molar-refractivity contribution < 1.29 is 9.53 Å². The molecule has 26 heavy (non-hydrogen) atoms. The van der Waals surface area contributed by atoms with Crippen LogP contribution in [0, 0.1) is 0 Å². The summed E-state index contributed by atoms with van der Waals surface area (Å²) in [5.74, 6) is -0.353. The molecular weight excluding hydrogens is 336 g/mol. The van der Waals surface area contributed by atoms with E-state index in [1.807, 2.05) is 0 Å². The van der Waals surface area contributed by atoms with Gasteiger partial charge in [-0.15, -0.1) is 5.10 Å². The maximum Gasteiger partial charge on any atom is 0.364 e. The molecule has 0 aliphatic rings. The summed E-state index contributed by atoms with van der Waals surface area (Å²) in [6.07, 6.45) is 1.43. The molecule has 0 amide bonds. The Morgan fingerprint density at radius 3 is 2.65 bits per heavy atom. The molecule has 0 fully saturated rings. The molecule has 0 saturated heterocycles. The average molecular weight is 348 g/mol. The van der Waals surface area contributed by atoms with Crippen LogP contribution in [-0.4, -0.2) is 36.0 Å². The monoisotopic (exact) mass is 348 g/mol. The van der Waals surface area contributed by atoms with Crippen LogP contribution in [0.5, 0.6) is 5.75 Å². The van der Waals surface area contributed by atoms with E-state index in [0.717, 1.165) is 4.68 Å². The number of esters is 1. The molecule has 128 valence electrons. The zero-order valence-corrected chi connectivity index (χ0v) is 13.6. The fraction of sp³-hybridized carbons (Fsp3) is 0.0588. The van der Waals surface area contributed by atoms with Crippen LogP contribution in [-0.2, 0) is 7.05 Å². The molecule has 4 rings (SSSR count). The van der Waals surface area contributed by atoms with Gasteiger partial charge in [0, 0.05) is 18.5 Å². The van der Waals surface area contributed by atoms with Crippen molar-refractivity contribution in [2.75, 3.05) is 0 Å². The van der Waals surface area contributed by atoms with Crippen molar-refractivity contribution in [2.24, 2.45) is 7.05 Å². The van der Waals surface area contributed by atoms with Crippen molar-refractivity contribution in [1.29, 1.82) is 0 Å². The van der Waals surface area contributed by atoms with Crippen LogP contribution < -0.4 is 10.3 Å². The highest BCUT2D eigenvalue weighted by Gasteiger charge is 2.18. The maximum absolute atomic E-state index is 12.6. The molecule has 2 aromatic heterocycles. The molecule has 0 saturated carbocycles. The van der Waals surface area contributed by atoms with Crippen LogP contribution in [0.15, 0.2) is 59.7 Å². The molecular formula is C17H12N6O3. The zero-order chi connectivity index (χ0) is 18.1. The summed E-state index contributed by atoms with van der Waals surface area (Å²) in [5.41, 5.74) is 0.423. The van der Waals surface area contributed by atoms with Gasteiger partial charge in [-0.3, -0.25) is 4.79 Å². The van der Waals surface area contributed by atoms with Gasteiger partial charge in [0.25, 0.3) is 5.56 Å². The first kappa shape index (κ1) is 15.6. The van der Waals surface area contributed by atoms with Crippen molar-refractivity contribution in [1.82, 2.24) is 30.0 Å². The van der Waals surface area contributed by atoms with Crippen molar-refractivity contribution in [3.63, 3.8) is 0 Å². The Balaban J connectivity index is 1.72. The topological polar surface area (TPSA) is 105 Å². The van der Waals surface area contributed by atoms with Crippen LogP contribution >= 0.6 is 0 Å². The number of benzene rings is 2. The lowest BCUT2D eigenvalue weighted by molar-refractivity contribution is 0.0728. The summed E-state index contributed by atoms with van der Waals surface area (Å²) < 4.78 is 8.01. The Kier molecular flexibility index (Phi) is 3.73.